The molecule has 0 aliphatic rings. The second-order valence-corrected chi connectivity index (χ2v) is 6.28. The highest BCUT2D eigenvalue weighted by Crippen LogP contribution is 2.34. The van der Waals surface area contributed by atoms with Gasteiger partial charge in [-0.15, -0.1) is 5.10 Å². The topological polar surface area (TPSA) is 47.0 Å². The van der Waals surface area contributed by atoms with Crippen LogP contribution in [0, 0.1) is 0 Å². The molecule has 7 heteroatoms. The lowest BCUT2D eigenvalue weighted by Crippen LogP contribution is -2.04. The Balaban J connectivity index is 2.04. The molecule has 1 aromatic carbocycles. The number of ether oxygens (including phenoxy) is 1. The van der Waals surface area contributed by atoms with Crippen molar-refractivity contribution in [2.75, 3.05) is 11.9 Å². The molecule has 0 aliphatic heterocycles. The highest BCUT2D eigenvalue weighted by atomic mass is 79.9. The van der Waals surface area contributed by atoms with Crippen molar-refractivity contribution in [3.63, 3.8) is 0 Å². The van der Waals surface area contributed by atoms with E-state index >= 15 is 0 Å². The molecule has 0 saturated heterocycles. The molecule has 2 rings (SSSR count). The fourth-order valence-electron chi connectivity index (χ4n) is 1.44. The lowest BCUT2D eigenvalue weighted by Gasteiger charge is -2.09. The van der Waals surface area contributed by atoms with Gasteiger partial charge in [0.1, 0.15) is 23.1 Å². The van der Waals surface area contributed by atoms with Crippen LogP contribution < -0.4 is 10.1 Å². The van der Waals surface area contributed by atoms with Crippen LogP contribution in [0.2, 0.25) is 0 Å². The van der Waals surface area contributed by atoms with Gasteiger partial charge in [-0.05, 0) is 50.4 Å². The van der Waals surface area contributed by atoms with Gasteiger partial charge in [0, 0.05) is 18.1 Å². The number of halogens is 2. The van der Waals surface area contributed by atoms with Crippen LogP contribution in [0.3, 0.4) is 0 Å². The number of anilines is 1. The minimum absolute atomic E-state index is 0.393. The van der Waals surface area contributed by atoms with E-state index in [1.807, 2.05) is 18.2 Å². The van der Waals surface area contributed by atoms with E-state index in [0.717, 1.165) is 38.4 Å². The minimum Gasteiger partial charge on any atom is -0.485 e. The molecule has 0 aliphatic carbocycles. The van der Waals surface area contributed by atoms with Crippen LogP contribution in [0.5, 0.6) is 5.75 Å². The molecule has 19 heavy (non-hydrogen) atoms. The van der Waals surface area contributed by atoms with Crippen LogP contribution in [0.4, 0.5) is 5.00 Å². The standard InChI is InChI=1S/C12H13Br2N3OS/c1-2-6-15-12-10(16-17-19-12)7-18-11-8(13)4-3-5-9(11)14/h3-5,15H,2,6-7H2,1H3. The predicted octanol–water partition coefficient (Wildman–Crippen LogP) is 4.46. The Morgan fingerprint density at radius 1 is 1.32 bits per heavy atom. The van der Waals surface area contributed by atoms with Gasteiger partial charge < -0.3 is 10.1 Å². The molecule has 0 saturated carbocycles. The average molecular weight is 407 g/mol. The number of benzene rings is 1. The number of nitrogens with one attached hydrogen (secondary N) is 1. The summed E-state index contributed by atoms with van der Waals surface area (Å²) in [6.45, 7) is 3.43. The van der Waals surface area contributed by atoms with Gasteiger partial charge in [-0.3, -0.25) is 0 Å². The monoisotopic (exact) mass is 405 g/mol. The molecule has 4 nitrogen and oxygen atoms in total. The summed E-state index contributed by atoms with van der Waals surface area (Å²) in [6, 6.07) is 5.82. The normalized spacial score (nSPS) is 10.5. The Labute approximate surface area is 133 Å². The van der Waals surface area contributed by atoms with E-state index in [1.165, 1.54) is 11.5 Å². The molecule has 1 aromatic heterocycles. The molecule has 0 spiro atoms. The van der Waals surface area contributed by atoms with E-state index < -0.39 is 0 Å². The molecule has 0 unspecified atom stereocenters. The summed E-state index contributed by atoms with van der Waals surface area (Å²) >= 11 is 8.29. The highest BCUT2D eigenvalue weighted by molar-refractivity contribution is 9.11. The Hall–Kier alpha value is -0.660. The van der Waals surface area contributed by atoms with Crippen LogP contribution in [0.15, 0.2) is 27.1 Å². The maximum Gasteiger partial charge on any atom is 0.148 e. The molecular weight excluding hydrogens is 394 g/mol. The number of hydrogen-bond acceptors (Lipinski definition) is 5. The molecule has 0 radical (unpaired) electrons. The fourth-order valence-corrected chi connectivity index (χ4v) is 3.26. The van der Waals surface area contributed by atoms with Crippen molar-refractivity contribution in [2.24, 2.45) is 0 Å². The summed E-state index contributed by atoms with van der Waals surface area (Å²) in [5, 5.41) is 8.37. The first-order valence-electron chi connectivity index (χ1n) is 5.84. The second-order valence-electron chi connectivity index (χ2n) is 3.81. The first-order chi connectivity index (χ1) is 9.22. The number of aromatic nitrogens is 2. The Kier molecular flexibility index (Phi) is 5.59. The van der Waals surface area contributed by atoms with Crippen molar-refractivity contribution in [1.29, 1.82) is 0 Å². The molecule has 2 aromatic rings. The Morgan fingerprint density at radius 2 is 2.05 bits per heavy atom. The SMILES string of the molecule is CCCNc1snnc1COc1c(Br)cccc1Br. The minimum atomic E-state index is 0.393. The average Bonchev–Trinajstić information content (AvgIpc) is 2.83. The maximum atomic E-state index is 5.80. The number of rotatable bonds is 6. The number of para-hydroxylation sites is 1. The third kappa shape index (κ3) is 3.90. The van der Waals surface area contributed by atoms with Gasteiger partial charge in [-0.1, -0.05) is 17.5 Å². The Bertz CT molecular complexity index is 527. The summed E-state index contributed by atoms with van der Waals surface area (Å²) in [6.07, 6.45) is 1.06. The summed E-state index contributed by atoms with van der Waals surface area (Å²) in [4.78, 5) is 0. The zero-order chi connectivity index (χ0) is 13.7. The lowest BCUT2D eigenvalue weighted by molar-refractivity contribution is 0.298. The number of nitrogens with zero attached hydrogens (tertiary/aromatic N) is 2. The van der Waals surface area contributed by atoms with E-state index in [-0.39, 0.29) is 0 Å². The lowest BCUT2D eigenvalue weighted by atomic mass is 10.3. The third-order valence-electron chi connectivity index (χ3n) is 2.36. The van der Waals surface area contributed by atoms with Crippen LogP contribution >= 0.6 is 43.4 Å². The number of hydrogen-bond donors (Lipinski definition) is 1. The summed E-state index contributed by atoms with van der Waals surface area (Å²) in [7, 11) is 0. The van der Waals surface area contributed by atoms with Crippen molar-refractivity contribution in [3.05, 3.63) is 32.8 Å². The molecule has 0 bridgehead atoms. The molecule has 1 N–H and O–H groups in total. The third-order valence-corrected chi connectivity index (χ3v) is 4.34. The van der Waals surface area contributed by atoms with Crippen LogP contribution in [0.25, 0.3) is 0 Å². The molecule has 0 amide bonds. The van der Waals surface area contributed by atoms with Crippen molar-refractivity contribution >= 4 is 48.4 Å². The van der Waals surface area contributed by atoms with Crippen molar-refractivity contribution in [1.82, 2.24) is 9.59 Å². The Morgan fingerprint density at radius 3 is 2.74 bits per heavy atom. The zero-order valence-electron chi connectivity index (χ0n) is 10.3. The van der Waals surface area contributed by atoms with Gasteiger partial charge in [0.2, 0.25) is 0 Å². The first-order valence-corrected chi connectivity index (χ1v) is 8.20. The molecule has 0 atom stereocenters. The van der Waals surface area contributed by atoms with Gasteiger partial charge >= 0.3 is 0 Å². The van der Waals surface area contributed by atoms with Crippen molar-refractivity contribution in [3.8, 4) is 5.75 Å². The van der Waals surface area contributed by atoms with E-state index in [4.69, 9.17) is 4.74 Å². The van der Waals surface area contributed by atoms with Gasteiger partial charge in [0.25, 0.3) is 0 Å². The molecule has 102 valence electrons. The summed E-state index contributed by atoms with van der Waals surface area (Å²) in [5.41, 5.74) is 0.834. The van der Waals surface area contributed by atoms with Gasteiger partial charge in [-0.25, -0.2) is 0 Å². The van der Waals surface area contributed by atoms with Crippen molar-refractivity contribution in [2.45, 2.75) is 20.0 Å². The largest absolute Gasteiger partial charge is 0.485 e. The molecule has 1 heterocycles. The smallest absolute Gasteiger partial charge is 0.148 e. The summed E-state index contributed by atoms with van der Waals surface area (Å²) in [5.74, 6) is 0.775. The van der Waals surface area contributed by atoms with E-state index in [1.54, 1.807) is 0 Å². The first kappa shape index (κ1) is 14.7. The van der Waals surface area contributed by atoms with Gasteiger partial charge in [0.15, 0.2) is 0 Å². The van der Waals surface area contributed by atoms with Gasteiger partial charge in [0.05, 0.1) is 8.95 Å². The fraction of sp³-hybridized carbons (Fsp3) is 0.333. The van der Waals surface area contributed by atoms with Crippen LogP contribution in [0.1, 0.15) is 19.0 Å². The van der Waals surface area contributed by atoms with Crippen molar-refractivity contribution < 1.29 is 4.74 Å². The van der Waals surface area contributed by atoms with E-state index in [2.05, 4.69) is 53.7 Å². The van der Waals surface area contributed by atoms with E-state index in [9.17, 15) is 0 Å². The molecule has 0 fully saturated rings. The quantitative estimate of drug-likeness (QED) is 0.768. The van der Waals surface area contributed by atoms with Crippen LogP contribution in [-0.2, 0) is 6.61 Å². The zero-order valence-corrected chi connectivity index (χ0v) is 14.3. The predicted molar refractivity (Wildman–Crippen MR) is 84.9 cm³/mol. The van der Waals surface area contributed by atoms with Crippen LogP contribution in [-0.4, -0.2) is 16.1 Å². The maximum absolute atomic E-state index is 5.80. The summed E-state index contributed by atoms with van der Waals surface area (Å²) < 4.78 is 11.6. The highest BCUT2D eigenvalue weighted by Gasteiger charge is 2.11. The van der Waals surface area contributed by atoms with E-state index in [0.29, 0.717) is 6.61 Å². The second kappa shape index (κ2) is 7.21. The van der Waals surface area contributed by atoms with Gasteiger partial charge in [-0.2, -0.15) is 0 Å². The molecular formula is C12H13Br2N3OS.